The molecule has 1 heterocycles. The van der Waals surface area contributed by atoms with E-state index >= 15 is 0 Å². The number of halogens is 2. The van der Waals surface area contributed by atoms with Gasteiger partial charge in [0.25, 0.3) is 0 Å². The maximum atomic E-state index is 13.1. The quantitative estimate of drug-likeness (QED) is 0.707. The highest BCUT2D eigenvalue weighted by atomic mass is 35.5. The highest BCUT2D eigenvalue weighted by Crippen LogP contribution is 2.44. The van der Waals surface area contributed by atoms with Crippen molar-refractivity contribution in [2.75, 3.05) is 0 Å². The third kappa shape index (κ3) is 2.37. The lowest BCUT2D eigenvalue weighted by Gasteiger charge is -2.29. The molecule has 0 spiro atoms. The van der Waals surface area contributed by atoms with Crippen LogP contribution in [0, 0.1) is 11.3 Å². The summed E-state index contributed by atoms with van der Waals surface area (Å²) in [7, 11) is 0. The molecule has 2 aromatic carbocycles. The molecular formula is C20H9Cl2NO3. The first-order chi connectivity index (χ1) is 12.5. The number of hydrogen-bond acceptors (Lipinski definition) is 4. The van der Waals surface area contributed by atoms with Crippen LogP contribution >= 0.6 is 23.2 Å². The smallest absolute Gasteiger partial charge is 0.229 e. The van der Waals surface area contributed by atoms with Gasteiger partial charge in [0, 0.05) is 21.2 Å². The van der Waals surface area contributed by atoms with Crippen LogP contribution in [0.15, 0.2) is 65.6 Å². The summed E-state index contributed by atoms with van der Waals surface area (Å²) in [5.41, 5.74) is 1.39. The van der Waals surface area contributed by atoms with E-state index in [1.165, 1.54) is 12.3 Å². The van der Waals surface area contributed by atoms with Gasteiger partial charge in [0.1, 0.15) is 6.26 Å². The Bertz CT molecular complexity index is 1090. The van der Waals surface area contributed by atoms with E-state index in [1.807, 2.05) is 6.07 Å². The molecule has 1 unspecified atom stereocenters. The summed E-state index contributed by atoms with van der Waals surface area (Å²) in [5.74, 6) is -1.60. The Labute approximate surface area is 158 Å². The number of fused-ring (bicyclic) bond motifs is 1. The minimum atomic E-state index is -0.793. The Morgan fingerprint density at radius 1 is 1.00 bits per heavy atom. The summed E-state index contributed by atoms with van der Waals surface area (Å²) in [6, 6.07) is 13.4. The largest absolute Gasteiger partial charge is 0.459 e. The molecule has 0 N–H and O–H groups in total. The summed E-state index contributed by atoms with van der Waals surface area (Å²) >= 11 is 12.3. The van der Waals surface area contributed by atoms with E-state index in [9.17, 15) is 14.9 Å². The summed E-state index contributed by atoms with van der Waals surface area (Å²) in [6.45, 7) is 0. The topological polar surface area (TPSA) is 67.2 Å². The van der Waals surface area contributed by atoms with Gasteiger partial charge < -0.3 is 4.74 Å². The van der Waals surface area contributed by atoms with Gasteiger partial charge >= 0.3 is 0 Å². The second-order valence-corrected chi connectivity index (χ2v) is 6.69. The Morgan fingerprint density at radius 2 is 1.69 bits per heavy atom. The minimum absolute atomic E-state index is 0.0660. The number of rotatable bonds is 1. The number of allylic oxidation sites excluding steroid dienone is 3. The second-order valence-electron chi connectivity index (χ2n) is 5.85. The lowest BCUT2D eigenvalue weighted by atomic mass is 9.76. The number of carbonyl (C=O) groups is 2. The van der Waals surface area contributed by atoms with Gasteiger partial charge in [0.05, 0.1) is 23.1 Å². The molecule has 1 aliphatic carbocycles. The number of nitrogens with zero attached hydrogens (tertiary/aromatic N) is 1. The Kier molecular flexibility index (Phi) is 3.91. The molecule has 0 bridgehead atoms. The van der Waals surface area contributed by atoms with Crippen molar-refractivity contribution in [1.29, 1.82) is 5.26 Å². The molecule has 0 radical (unpaired) electrons. The van der Waals surface area contributed by atoms with Crippen LogP contribution in [-0.2, 0) is 4.74 Å². The molecule has 0 saturated carbocycles. The first-order valence-corrected chi connectivity index (χ1v) is 8.43. The van der Waals surface area contributed by atoms with Gasteiger partial charge in [-0.25, -0.2) is 0 Å². The predicted octanol–water partition coefficient (Wildman–Crippen LogP) is 4.85. The van der Waals surface area contributed by atoms with Crippen LogP contribution in [0.3, 0.4) is 0 Å². The zero-order valence-electron chi connectivity index (χ0n) is 13.1. The van der Waals surface area contributed by atoms with Gasteiger partial charge in [-0.1, -0.05) is 53.5 Å². The fourth-order valence-corrected chi connectivity index (χ4v) is 3.76. The van der Waals surface area contributed by atoms with Crippen LogP contribution in [0.4, 0.5) is 0 Å². The lowest BCUT2D eigenvalue weighted by molar-refractivity contribution is 0.0911. The highest BCUT2D eigenvalue weighted by Gasteiger charge is 2.42. The van der Waals surface area contributed by atoms with E-state index in [0.29, 0.717) is 15.6 Å². The van der Waals surface area contributed by atoms with Gasteiger partial charge in [-0.15, -0.1) is 0 Å². The normalized spacial score (nSPS) is 18.5. The van der Waals surface area contributed by atoms with Crippen molar-refractivity contribution in [2.24, 2.45) is 0 Å². The fraction of sp³-hybridized carbons (Fsp3) is 0.0500. The third-order valence-electron chi connectivity index (χ3n) is 4.42. The molecule has 26 heavy (non-hydrogen) atoms. The van der Waals surface area contributed by atoms with Gasteiger partial charge in [0.15, 0.2) is 11.5 Å². The molecule has 6 heteroatoms. The monoisotopic (exact) mass is 381 g/mol. The standard InChI is InChI=1S/C20H9Cl2NO3/c21-11-5-6-14(15(22)7-11)16-10(8-23)9-26-20-17(16)18(24)12-3-1-2-4-13(12)19(20)25/h1-7,9,16H. The van der Waals surface area contributed by atoms with Crippen LogP contribution in [0.1, 0.15) is 32.2 Å². The average Bonchev–Trinajstić information content (AvgIpc) is 2.65. The van der Waals surface area contributed by atoms with E-state index in [-0.39, 0.29) is 33.8 Å². The van der Waals surface area contributed by atoms with Crippen LogP contribution < -0.4 is 0 Å². The van der Waals surface area contributed by atoms with Crippen molar-refractivity contribution in [2.45, 2.75) is 5.92 Å². The molecule has 4 nitrogen and oxygen atoms in total. The van der Waals surface area contributed by atoms with Crippen molar-refractivity contribution >= 4 is 34.8 Å². The Balaban J connectivity index is 1.96. The Hall–Kier alpha value is -2.87. The van der Waals surface area contributed by atoms with Crippen LogP contribution in [0.5, 0.6) is 0 Å². The van der Waals surface area contributed by atoms with Gasteiger partial charge in [-0.2, -0.15) is 5.26 Å². The molecule has 0 aromatic heterocycles. The maximum Gasteiger partial charge on any atom is 0.229 e. The fourth-order valence-electron chi connectivity index (χ4n) is 3.25. The van der Waals surface area contributed by atoms with E-state index in [0.717, 1.165) is 0 Å². The lowest BCUT2D eigenvalue weighted by Crippen LogP contribution is -2.29. The van der Waals surface area contributed by atoms with Crippen molar-refractivity contribution in [3.63, 3.8) is 0 Å². The van der Waals surface area contributed by atoms with E-state index < -0.39 is 11.7 Å². The predicted molar refractivity (Wildman–Crippen MR) is 96.1 cm³/mol. The van der Waals surface area contributed by atoms with Gasteiger partial charge in [-0.3, -0.25) is 9.59 Å². The number of nitriles is 1. The molecule has 126 valence electrons. The van der Waals surface area contributed by atoms with E-state index in [1.54, 1.807) is 36.4 Å². The zero-order chi connectivity index (χ0) is 18.4. The van der Waals surface area contributed by atoms with Crippen molar-refractivity contribution < 1.29 is 14.3 Å². The van der Waals surface area contributed by atoms with Gasteiger partial charge in [-0.05, 0) is 17.7 Å². The van der Waals surface area contributed by atoms with E-state index in [4.69, 9.17) is 27.9 Å². The highest BCUT2D eigenvalue weighted by molar-refractivity contribution is 6.35. The van der Waals surface area contributed by atoms with Crippen molar-refractivity contribution in [3.05, 3.63) is 92.4 Å². The van der Waals surface area contributed by atoms with Crippen LogP contribution in [0.25, 0.3) is 0 Å². The molecule has 2 aliphatic rings. The number of ketones is 2. The first-order valence-electron chi connectivity index (χ1n) is 7.67. The second kappa shape index (κ2) is 6.14. The van der Waals surface area contributed by atoms with Crippen molar-refractivity contribution in [1.82, 2.24) is 0 Å². The number of ether oxygens (including phenoxy) is 1. The number of carbonyl (C=O) groups excluding carboxylic acids is 2. The zero-order valence-corrected chi connectivity index (χ0v) is 14.6. The molecule has 0 saturated heterocycles. The molecule has 2 aromatic rings. The number of benzene rings is 2. The van der Waals surface area contributed by atoms with Crippen molar-refractivity contribution in [3.8, 4) is 6.07 Å². The maximum absolute atomic E-state index is 13.1. The summed E-state index contributed by atoms with van der Waals surface area (Å²) in [4.78, 5) is 25.9. The van der Waals surface area contributed by atoms with Gasteiger partial charge in [0.2, 0.25) is 5.78 Å². The molecule has 0 fully saturated rings. The molecule has 0 amide bonds. The first kappa shape index (κ1) is 16.6. The molecule has 1 aliphatic heterocycles. The summed E-state index contributed by atoms with van der Waals surface area (Å²) < 4.78 is 5.40. The number of hydrogen-bond donors (Lipinski definition) is 0. The average molecular weight is 382 g/mol. The molecule has 1 atom stereocenters. The SMILES string of the molecule is N#CC1=COC2=C(C(=O)c3ccccc3C2=O)C1c1ccc(Cl)cc1Cl. The Morgan fingerprint density at radius 3 is 2.35 bits per heavy atom. The summed E-state index contributed by atoms with van der Waals surface area (Å²) in [5, 5.41) is 10.3. The molecular weight excluding hydrogens is 373 g/mol. The minimum Gasteiger partial charge on any atom is -0.459 e. The van der Waals surface area contributed by atoms with Crippen LogP contribution in [-0.4, -0.2) is 11.6 Å². The van der Waals surface area contributed by atoms with E-state index in [2.05, 4.69) is 0 Å². The third-order valence-corrected chi connectivity index (χ3v) is 4.98. The molecule has 4 rings (SSSR count). The van der Waals surface area contributed by atoms with Crippen LogP contribution in [0.2, 0.25) is 10.0 Å². The number of Topliss-reactive ketones (excluding diaryl/α,β-unsaturated/α-hetero) is 2. The summed E-state index contributed by atoms with van der Waals surface area (Å²) in [6.07, 6.45) is 1.20.